The summed E-state index contributed by atoms with van der Waals surface area (Å²) in [6.45, 7) is 1.54. The SMILES string of the molecule is O=C(OCC1c2ccccc2-c2ccccc21)N1CCC(C(O)c2ccncc2)CC1. The number of aliphatic hydroxyl groups is 1. The summed E-state index contributed by atoms with van der Waals surface area (Å²) in [5.74, 6) is 0.211. The lowest BCUT2D eigenvalue weighted by molar-refractivity contribution is 0.0464. The molecule has 5 heteroatoms. The number of hydrogen-bond donors (Lipinski definition) is 1. The lowest BCUT2D eigenvalue weighted by Gasteiger charge is -2.34. The van der Waals surface area contributed by atoms with Gasteiger partial charge in [0.25, 0.3) is 0 Å². The molecule has 1 fully saturated rings. The Morgan fingerprint density at radius 3 is 2.16 bits per heavy atom. The number of pyridine rings is 1. The highest BCUT2D eigenvalue weighted by Gasteiger charge is 2.32. The van der Waals surface area contributed by atoms with Crippen molar-refractivity contribution in [2.24, 2.45) is 5.92 Å². The maximum atomic E-state index is 12.8. The number of nitrogens with zero attached hydrogens (tertiary/aromatic N) is 2. The van der Waals surface area contributed by atoms with Gasteiger partial charge in [-0.05, 0) is 58.7 Å². The maximum absolute atomic E-state index is 12.8. The molecule has 1 unspecified atom stereocenters. The van der Waals surface area contributed by atoms with E-state index in [-0.39, 0.29) is 17.9 Å². The molecule has 2 aromatic carbocycles. The highest BCUT2D eigenvalue weighted by molar-refractivity contribution is 5.79. The van der Waals surface area contributed by atoms with Crippen LogP contribution in [0.5, 0.6) is 0 Å². The first-order valence-electron chi connectivity index (χ1n) is 10.9. The van der Waals surface area contributed by atoms with Gasteiger partial charge in [-0.15, -0.1) is 0 Å². The van der Waals surface area contributed by atoms with Crippen LogP contribution < -0.4 is 0 Å². The van der Waals surface area contributed by atoms with E-state index in [0.29, 0.717) is 19.7 Å². The van der Waals surface area contributed by atoms with Gasteiger partial charge < -0.3 is 14.7 Å². The van der Waals surface area contributed by atoms with Crippen LogP contribution in [0.3, 0.4) is 0 Å². The van der Waals surface area contributed by atoms with Gasteiger partial charge in [-0.2, -0.15) is 0 Å². The van der Waals surface area contributed by atoms with E-state index in [0.717, 1.165) is 18.4 Å². The second kappa shape index (κ2) is 8.52. The molecule has 2 aliphatic rings. The van der Waals surface area contributed by atoms with Crippen molar-refractivity contribution in [1.82, 2.24) is 9.88 Å². The standard InChI is InChI=1S/C26H26N2O3/c29-25(18-9-13-27-14-10-18)19-11-15-28(16-12-19)26(30)31-17-24-22-7-3-1-5-20(22)21-6-2-4-8-23(21)24/h1-10,13-14,19,24-25,29H,11-12,15-17H2. The second-order valence-corrected chi connectivity index (χ2v) is 8.35. The fourth-order valence-electron chi connectivity index (χ4n) is 4.92. The number of fused-ring (bicyclic) bond motifs is 3. The summed E-state index contributed by atoms with van der Waals surface area (Å²) >= 11 is 0. The van der Waals surface area contributed by atoms with Gasteiger partial charge in [-0.1, -0.05) is 48.5 Å². The van der Waals surface area contributed by atoms with Gasteiger partial charge in [-0.25, -0.2) is 4.79 Å². The maximum Gasteiger partial charge on any atom is 0.409 e. The van der Waals surface area contributed by atoms with Crippen LogP contribution in [0.2, 0.25) is 0 Å². The van der Waals surface area contributed by atoms with E-state index >= 15 is 0 Å². The number of piperidine rings is 1. The first kappa shape index (κ1) is 19.8. The molecule has 1 aliphatic heterocycles. The van der Waals surface area contributed by atoms with Crippen molar-refractivity contribution in [3.8, 4) is 11.1 Å². The van der Waals surface area contributed by atoms with Gasteiger partial charge >= 0.3 is 6.09 Å². The molecule has 2 heterocycles. The molecule has 3 aromatic rings. The van der Waals surface area contributed by atoms with E-state index < -0.39 is 6.10 Å². The Hall–Kier alpha value is -3.18. The minimum Gasteiger partial charge on any atom is -0.448 e. The fourth-order valence-corrected chi connectivity index (χ4v) is 4.92. The van der Waals surface area contributed by atoms with Crippen molar-refractivity contribution in [3.63, 3.8) is 0 Å². The molecule has 0 bridgehead atoms. The first-order valence-corrected chi connectivity index (χ1v) is 10.9. The first-order chi connectivity index (χ1) is 15.2. The molecule has 1 N–H and O–H groups in total. The average molecular weight is 415 g/mol. The van der Waals surface area contributed by atoms with Crippen molar-refractivity contribution >= 4 is 6.09 Å². The lowest BCUT2D eigenvalue weighted by atomic mass is 9.88. The zero-order valence-electron chi connectivity index (χ0n) is 17.4. The van der Waals surface area contributed by atoms with Gasteiger partial charge in [0.2, 0.25) is 0 Å². The summed E-state index contributed by atoms with van der Waals surface area (Å²) in [5.41, 5.74) is 5.77. The van der Waals surface area contributed by atoms with Crippen LogP contribution in [0, 0.1) is 5.92 Å². The zero-order valence-corrected chi connectivity index (χ0v) is 17.4. The van der Waals surface area contributed by atoms with Crippen molar-refractivity contribution < 1.29 is 14.6 Å². The third-order valence-corrected chi connectivity index (χ3v) is 6.63. The normalized spacial score (nSPS) is 17.1. The van der Waals surface area contributed by atoms with Crippen molar-refractivity contribution in [1.29, 1.82) is 0 Å². The molecular weight excluding hydrogens is 388 g/mol. The van der Waals surface area contributed by atoms with Crippen molar-refractivity contribution in [3.05, 3.63) is 89.7 Å². The highest BCUT2D eigenvalue weighted by Crippen LogP contribution is 2.44. The Bertz CT molecular complexity index is 1020. The molecule has 1 atom stereocenters. The van der Waals surface area contributed by atoms with Gasteiger partial charge in [0.05, 0.1) is 6.10 Å². The van der Waals surface area contributed by atoms with Crippen LogP contribution >= 0.6 is 0 Å². The summed E-state index contributed by atoms with van der Waals surface area (Å²) in [6.07, 6.45) is 4.13. The summed E-state index contributed by atoms with van der Waals surface area (Å²) in [5, 5.41) is 10.6. The Morgan fingerprint density at radius 1 is 0.968 bits per heavy atom. The number of carbonyl (C=O) groups excluding carboxylic acids is 1. The number of hydrogen-bond acceptors (Lipinski definition) is 4. The van der Waals surface area contributed by atoms with Crippen LogP contribution in [-0.2, 0) is 4.74 Å². The third kappa shape index (κ3) is 3.81. The molecule has 5 rings (SSSR count). The quantitative estimate of drug-likeness (QED) is 0.668. The second-order valence-electron chi connectivity index (χ2n) is 8.35. The van der Waals surface area contributed by atoms with Crippen LogP contribution in [0.15, 0.2) is 73.1 Å². The topological polar surface area (TPSA) is 62.7 Å². The predicted octanol–water partition coefficient (Wildman–Crippen LogP) is 4.78. The number of aromatic nitrogens is 1. The Morgan fingerprint density at radius 2 is 1.55 bits per heavy atom. The highest BCUT2D eigenvalue weighted by atomic mass is 16.6. The van der Waals surface area contributed by atoms with Crippen LogP contribution in [-0.4, -0.2) is 40.8 Å². The molecule has 158 valence electrons. The Labute approximate surface area is 182 Å². The molecule has 1 aromatic heterocycles. The van der Waals surface area contributed by atoms with Crippen LogP contribution in [0.1, 0.15) is 41.6 Å². The minimum atomic E-state index is -0.521. The Kier molecular flexibility index (Phi) is 5.43. The summed E-state index contributed by atoms with van der Waals surface area (Å²) in [6, 6.07) is 20.4. The van der Waals surface area contributed by atoms with E-state index in [4.69, 9.17) is 4.74 Å². The number of benzene rings is 2. The molecule has 1 amide bonds. The van der Waals surface area contributed by atoms with E-state index in [1.165, 1.54) is 22.3 Å². The van der Waals surface area contributed by atoms with Gasteiger partial charge in [0, 0.05) is 31.4 Å². The van der Waals surface area contributed by atoms with E-state index in [1.54, 1.807) is 17.3 Å². The summed E-state index contributed by atoms with van der Waals surface area (Å²) < 4.78 is 5.78. The Balaban J connectivity index is 1.20. The van der Waals surface area contributed by atoms with E-state index in [9.17, 15) is 9.90 Å². The van der Waals surface area contributed by atoms with E-state index in [2.05, 4.69) is 41.4 Å². The van der Waals surface area contributed by atoms with E-state index in [1.807, 2.05) is 24.3 Å². The van der Waals surface area contributed by atoms with Gasteiger partial charge in [0.1, 0.15) is 6.61 Å². The number of ether oxygens (including phenoxy) is 1. The van der Waals surface area contributed by atoms with Gasteiger partial charge in [0.15, 0.2) is 0 Å². The largest absolute Gasteiger partial charge is 0.448 e. The van der Waals surface area contributed by atoms with Crippen molar-refractivity contribution in [2.75, 3.05) is 19.7 Å². The molecule has 0 saturated carbocycles. The molecule has 31 heavy (non-hydrogen) atoms. The number of amides is 1. The molecule has 1 aliphatic carbocycles. The lowest BCUT2D eigenvalue weighted by Crippen LogP contribution is -2.40. The van der Waals surface area contributed by atoms with Crippen molar-refractivity contribution in [2.45, 2.75) is 24.9 Å². The van der Waals surface area contributed by atoms with Crippen LogP contribution in [0.25, 0.3) is 11.1 Å². The van der Waals surface area contributed by atoms with Gasteiger partial charge in [-0.3, -0.25) is 4.98 Å². The number of aliphatic hydroxyl groups excluding tert-OH is 1. The fraction of sp³-hybridized carbons (Fsp3) is 0.308. The number of rotatable bonds is 4. The summed E-state index contributed by atoms with van der Waals surface area (Å²) in [7, 11) is 0. The molecule has 1 saturated heterocycles. The molecule has 0 radical (unpaired) electrons. The number of carbonyl (C=O) groups is 1. The smallest absolute Gasteiger partial charge is 0.409 e. The summed E-state index contributed by atoms with van der Waals surface area (Å²) in [4.78, 5) is 18.5. The average Bonchev–Trinajstić information content (AvgIpc) is 3.16. The third-order valence-electron chi connectivity index (χ3n) is 6.63. The number of likely N-dealkylation sites (tertiary alicyclic amines) is 1. The monoisotopic (exact) mass is 414 g/mol. The zero-order chi connectivity index (χ0) is 21.2. The molecular formula is C26H26N2O3. The molecule has 5 nitrogen and oxygen atoms in total. The van der Waals surface area contributed by atoms with Crippen LogP contribution in [0.4, 0.5) is 4.79 Å². The predicted molar refractivity (Wildman–Crippen MR) is 119 cm³/mol. The molecule has 0 spiro atoms. The minimum absolute atomic E-state index is 0.0717.